The lowest BCUT2D eigenvalue weighted by Crippen LogP contribution is -2.51. The summed E-state index contributed by atoms with van der Waals surface area (Å²) >= 11 is 0. The number of amides is 2. The molecule has 7 nitrogen and oxygen atoms in total. The van der Waals surface area contributed by atoms with Gasteiger partial charge in [0.25, 0.3) is 5.91 Å². The van der Waals surface area contributed by atoms with E-state index < -0.39 is 5.60 Å². The second-order valence-electron chi connectivity index (χ2n) is 9.48. The van der Waals surface area contributed by atoms with Crippen LogP contribution >= 0.6 is 0 Å². The number of piperazine rings is 1. The van der Waals surface area contributed by atoms with Crippen molar-refractivity contribution in [1.82, 2.24) is 19.6 Å². The summed E-state index contributed by atoms with van der Waals surface area (Å²) < 4.78 is 20.7. The Morgan fingerprint density at radius 3 is 2.22 bits per heavy atom. The van der Waals surface area contributed by atoms with Crippen LogP contribution in [0.15, 0.2) is 24.3 Å². The van der Waals surface area contributed by atoms with E-state index in [-0.39, 0.29) is 17.8 Å². The van der Waals surface area contributed by atoms with Gasteiger partial charge in [0.05, 0.1) is 5.69 Å². The first-order chi connectivity index (χ1) is 15.2. The van der Waals surface area contributed by atoms with Crippen molar-refractivity contribution in [2.24, 2.45) is 0 Å². The lowest BCUT2D eigenvalue weighted by molar-refractivity contribution is 0.0140. The molecule has 1 aliphatic carbocycles. The molecular weight excluding hydrogens is 411 g/mol. The summed E-state index contributed by atoms with van der Waals surface area (Å²) in [5.74, 6) is -0.404. The largest absolute Gasteiger partial charge is 0.444 e. The summed E-state index contributed by atoms with van der Waals surface area (Å²) in [5, 5.41) is 4.71. The van der Waals surface area contributed by atoms with E-state index in [1.165, 1.54) is 12.1 Å². The molecule has 32 heavy (non-hydrogen) atoms. The highest BCUT2D eigenvalue weighted by atomic mass is 19.1. The highest BCUT2D eigenvalue weighted by Crippen LogP contribution is 2.27. The normalized spacial score (nSPS) is 17.0. The number of halogens is 1. The highest BCUT2D eigenvalue weighted by Gasteiger charge is 2.32. The molecule has 0 unspecified atom stereocenters. The summed E-state index contributed by atoms with van der Waals surface area (Å²) in [7, 11) is 0. The first-order valence-electron chi connectivity index (χ1n) is 11.4. The number of hydrogen-bond donors (Lipinski definition) is 0. The molecule has 2 aliphatic rings. The van der Waals surface area contributed by atoms with Crippen molar-refractivity contribution in [3.05, 3.63) is 47.0 Å². The zero-order valence-corrected chi connectivity index (χ0v) is 19.1. The van der Waals surface area contributed by atoms with Gasteiger partial charge in [-0.2, -0.15) is 5.10 Å². The van der Waals surface area contributed by atoms with Gasteiger partial charge in [-0.3, -0.25) is 4.79 Å². The molecule has 2 amide bonds. The van der Waals surface area contributed by atoms with Crippen molar-refractivity contribution < 1.29 is 18.7 Å². The molecule has 1 aromatic heterocycles. The highest BCUT2D eigenvalue weighted by molar-refractivity contribution is 5.94. The summed E-state index contributed by atoms with van der Waals surface area (Å²) in [5.41, 5.74) is 2.75. The van der Waals surface area contributed by atoms with Gasteiger partial charge in [-0.1, -0.05) is 6.42 Å². The molecule has 8 heteroatoms. The van der Waals surface area contributed by atoms with Crippen LogP contribution in [0, 0.1) is 5.82 Å². The third kappa shape index (κ3) is 4.79. The Hall–Kier alpha value is -2.90. The van der Waals surface area contributed by atoms with Crippen LogP contribution < -0.4 is 0 Å². The maximum Gasteiger partial charge on any atom is 0.410 e. The third-order valence-electron chi connectivity index (χ3n) is 5.92. The van der Waals surface area contributed by atoms with Crippen molar-refractivity contribution in [2.75, 3.05) is 26.2 Å². The molecule has 2 aromatic rings. The molecule has 0 spiro atoms. The Morgan fingerprint density at radius 1 is 0.938 bits per heavy atom. The van der Waals surface area contributed by atoms with Gasteiger partial charge in [0, 0.05) is 37.4 Å². The topological polar surface area (TPSA) is 67.7 Å². The van der Waals surface area contributed by atoms with Crippen LogP contribution in [0.3, 0.4) is 0 Å². The van der Waals surface area contributed by atoms with Gasteiger partial charge >= 0.3 is 6.09 Å². The fraction of sp³-hybridized carbons (Fsp3) is 0.542. The first kappa shape index (κ1) is 22.3. The SMILES string of the molecule is CC(C)(C)OC(=O)N1CCN(C(=O)c2nn(-c3ccc(F)cc3)c3c2CCCCC3)CC1. The molecule has 0 radical (unpaired) electrons. The fourth-order valence-electron chi connectivity index (χ4n) is 4.31. The predicted molar refractivity (Wildman–Crippen MR) is 118 cm³/mol. The molecule has 4 rings (SSSR count). The van der Waals surface area contributed by atoms with Crippen LogP contribution in [0.2, 0.25) is 0 Å². The maximum absolute atomic E-state index is 13.4. The monoisotopic (exact) mass is 442 g/mol. The van der Waals surface area contributed by atoms with Crippen molar-refractivity contribution in [2.45, 2.75) is 58.5 Å². The summed E-state index contributed by atoms with van der Waals surface area (Å²) in [6.45, 7) is 7.27. The van der Waals surface area contributed by atoms with Gasteiger partial charge in [0.1, 0.15) is 11.4 Å². The van der Waals surface area contributed by atoms with Crippen molar-refractivity contribution >= 4 is 12.0 Å². The molecule has 0 N–H and O–H groups in total. The molecule has 1 saturated heterocycles. The van der Waals surface area contributed by atoms with Gasteiger partial charge in [0.2, 0.25) is 0 Å². The van der Waals surface area contributed by atoms with E-state index >= 15 is 0 Å². The second kappa shape index (κ2) is 8.92. The standard InChI is InChI=1S/C24H31FN4O3/c1-24(2,3)32-23(31)28-15-13-27(14-16-28)22(30)21-19-7-5-4-6-8-20(19)29(26-21)18-11-9-17(25)10-12-18/h9-12H,4-8,13-16H2,1-3H3. The molecule has 1 aliphatic heterocycles. The number of nitrogens with zero attached hydrogens (tertiary/aromatic N) is 4. The number of aromatic nitrogens is 2. The second-order valence-corrected chi connectivity index (χ2v) is 9.48. The van der Waals surface area contributed by atoms with Crippen LogP contribution in [-0.4, -0.2) is 63.4 Å². The molecule has 0 saturated carbocycles. The Kier molecular flexibility index (Phi) is 6.22. The number of ether oxygens (including phenoxy) is 1. The Balaban J connectivity index is 1.54. The van der Waals surface area contributed by atoms with Crippen LogP contribution in [-0.2, 0) is 17.6 Å². The van der Waals surface area contributed by atoms with Crippen molar-refractivity contribution in [3.63, 3.8) is 0 Å². The van der Waals surface area contributed by atoms with E-state index in [0.717, 1.165) is 49.0 Å². The number of rotatable bonds is 2. The van der Waals surface area contributed by atoms with Crippen molar-refractivity contribution in [1.29, 1.82) is 0 Å². The lowest BCUT2D eigenvalue weighted by atomic mass is 10.1. The Labute approximate surface area is 188 Å². The van der Waals surface area contributed by atoms with Gasteiger partial charge < -0.3 is 14.5 Å². The molecule has 1 aromatic carbocycles. The lowest BCUT2D eigenvalue weighted by Gasteiger charge is -2.35. The fourth-order valence-corrected chi connectivity index (χ4v) is 4.31. The first-order valence-corrected chi connectivity index (χ1v) is 11.4. The molecule has 2 heterocycles. The average Bonchev–Trinajstić information content (AvgIpc) is 2.93. The molecular formula is C24H31FN4O3. The minimum atomic E-state index is -0.547. The minimum Gasteiger partial charge on any atom is -0.444 e. The Bertz CT molecular complexity index is 986. The van der Waals surface area contributed by atoms with Gasteiger partial charge in [-0.25, -0.2) is 13.9 Å². The molecule has 0 atom stereocenters. The van der Waals surface area contributed by atoms with Gasteiger partial charge in [-0.15, -0.1) is 0 Å². The van der Waals surface area contributed by atoms with Crippen LogP contribution in [0.25, 0.3) is 5.69 Å². The van der Waals surface area contributed by atoms with Gasteiger partial charge in [-0.05, 0) is 70.7 Å². The Morgan fingerprint density at radius 2 is 1.56 bits per heavy atom. The van der Waals surface area contributed by atoms with E-state index in [9.17, 15) is 14.0 Å². The third-order valence-corrected chi connectivity index (χ3v) is 5.92. The zero-order valence-electron chi connectivity index (χ0n) is 19.1. The molecule has 0 bridgehead atoms. The molecule has 1 fully saturated rings. The number of hydrogen-bond acceptors (Lipinski definition) is 4. The predicted octanol–water partition coefficient (Wildman–Crippen LogP) is 3.97. The summed E-state index contributed by atoms with van der Waals surface area (Å²) in [6, 6.07) is 6.22. The van der Waals surface area contributed by atoms with E-state index in [0.29, 0.717) is 31.9 Å². The maximum atomic E-state index is 13.4. The summed E-state index contributed by atoms with van der Waals surface area (Å²) in [6.07, 6.45) is 4.49. The smallest absolute Gasteiger partial charge is 0.410 e. The van der Waals surface area contributed by atoms with E-state index in [4.69, 9.17) is 9.84 Å². The van der Waals surface area contributed by atoms with E-state index in [1.54, 1.807) is 21.9 Å². The minimum absolute atomic E-state index is 0.104. The number of benzene rings is 1. The van der Waals surface area contributed by atoms with Crippen LogP contribution in [0.5, 0.6) is 0 Å². The number of carbonyl (C=O) groups excluding carboxylic acids is 2. The van der Waals surface area contributed by atoms with Crippen LogP contribution in [0.4, 0.5) is 9.18 Å². The average molecular weight is 443 g/mol. The number of fused-ring (bicyclic) bond motifs is 1. The zero-order chi connectivity index (χ0) is 22.9. The van der Waals surface area contributed by atoms with Gasteiger partial charge in [0.15, 0.2) is 5.69 Å². The molecule has 172 valence electrons. The number of carbonyl (C=O) groups is 2. The summed E-state index contributed by atoms with van der Waals surface area (Å²) in [4.78, 5) is 29.2. The van der Waals surface area contributed by atoms with Crippen LogP contribution in [0.1, 0.15) is 61.8 Å². The van der Waals surface area contributed by atoms with Crippen molar-refractivity contribution in [3.8, 4) is 5.69 Å². The van der Waals surface area contributed by atoms with E-state index in [2.05, 4.69) is 0 Å². The quantitative estimate of drug-likeness (QED) is 0.660. The van der Waals surface area contributed by atoms with E-state index in [1.807, 2.05) is 25.5 Å².